The van der Waals surface area contributed by atoms with Gasteiger partial charge in [0.2, 0.25) is 0 Å². The highest BCUT2D eigenvalue weighted by molar-refractivity contribution is 5.72. The van der Waals surface area contributed by atoms with Crippen LogP contribution in [0, 0.1) is 11.8 Å². The molecule has 1 unspecified atom stereocenters. The summed E-state index contributed by atoms with van der Waals surface area (Å²) in [6.45, 7) is 12.9. The van der Waals surface area contributed by atoms with Crippen LogP contribution in [0.2, 0.25) is 0 Å². The van der Waals surface area contributed by atoms with E-state index in [0.717, 1.165) is 51.4 Å². The summed E-state index contributed by atoms with van der Waals surface area (Å²) in [5, 5.41) is 10.8. The van der Waals surface area contributed by atoms with E-state index in [-0.39, 0.29) is 41.4 Å². The van der Waals surface area contributed by atoms with E-state index >= 15 is 0 Å². The molecular weight excluding hydrogens is 370 g/mol. The molecule has 170 valence electrons. The van der Waals surface area contributed by atoms with Crippen LogP contribution in [0.3, 0.4) is 0 Å². The smallest absolute Gasteiger partial charge is 0.308 e. The molecule has 29 heavy (non-hydrogen) atoms. The van der Waals surface area contributed by atoms with Gasteiger partial charge in [-0.05, 0) is 73.1 Å². The minimum atomic E-state index is -0.728. The Hall–Kier alpha value is -1.14. The quantitative estimate of drug-likeness (QED) is 0.350. The van der Waals surface area contributed by atoms with Crippen molar-refractivity contribution in [1.82, 2.24) is 5.06 Å². The Bertz CT molecular complexity index is 511. The molecular formula is C23H43NO5. The fourth-order valence-corrected chi connectivity index (χ4v) is 4.99. The Labute approximate surface area is 177 Å². The number of esters is 1. The van der Waals surface area contributed by atoms with Crippen molar-refractivity contribution in [3.8, 4) is 0 Å². The van der Waals surface area contributed by atoms with Crippen LogP contribution in [0.25, 0.3) is 0 Å². The van der Waals surface area contributed by atoms with Crippen LogP contribution in [0.15, 0.2) is 0 Å². The van der Waals surface area contributed by atoms with E-state index in [0.29, 0.717) is 0 Å². The summed E-state index contributed by atoms with van der Waals surface area (Å²) in [6, 6.07) is 0. The molecule has 0 saturated carbocycles. The van der Waals surface area contributed by atoms with Crippen molar-refractivity contribution in [2.75, 3.05) is 7.11 Å². The van der Waals surface area contributed by atoms with Gasteiger partial charge in [0.25, 0.3) is 0 Å². The van der Waals surface area contributed by atoms with E-state index in [9.17, 15) is 9.59 Å². The van der Waals surface area contributed by atoms with Crippen molar-refractivity contribution >= 4 is 11.9 Å². The van der Waals surface area contributed by atoms with Crippen LogP contribution in [-0.4, -0.2) is 46.4 Å². The third-order valence-corrected chi connectivity index (χ3v) is 5.92. The van der Waals surface area contributed by atoms with Crippen LogP contribution < -0.4 is 0 Å². The van der Waals surface area contributed by atoms with Crippen LogP contribution in [0.5, 0.6) is 0 Å². The summed E-state index contributed by atoms with van der Waals surface area (Å²) in [5.41, 5.74) is -0.334. The van der Waals surface area contributed by atoms with Crippen molar-refractivity contribution in [2.45, 2.75) is 117 Å². The monoisotopic (exact) mass is 413 g/mol. The molecule has 1 fully saturated rings. The molecule has 0 aromatic heterocycles. The molecule has 1 aliphatic rings. The SMILES string of the molecule is COC(=O)C(CCCCCCCC(=O)O)C1CC(C)(C)N(OC(C)C)C(C)(C)C1. The number of carboxylic acid groups (broad SMARTS) is 1. The molecule has 6 heteroatoms. The van der Waals surface area contributed by atoms with Gasteiger partial charge in [-0.1, -0.05) is 25.7 Å². The number of hydrogen-bond donors (Lipinski definition) is 1. The third-order valence-electron chi connectivity index (χ3n) is 5.92. The van der Waals surface area contributed by atoms with Crippen molar-refractivity contribution in [2.24, 2.45) is 11.8 Å². The lowest BCUT2D eigenvalue weighted by Crippen LogP contribution is -2.62. The molecule has 0 amide bonds. The summed E-state index contributed by atoms with van der Waals surface area (Å²) in [6.07, 6.45) is 7.63. The first-order chi connectivity index (χ1) is 13.4. The van der Waals surface area contributed by atoms with E-state index in [1.165, 1.54) is 7.11 Å². The lowest BCUT2D eigenvalue weighted by Gasteiger charge is -2.55. The first-order valence-corrected chi connectivity index (χ1v) is 11.2. The molecule has 1 N–H and O–H groups in total. The maximum absolute atomic E-state index is 12.6. The number of unbranched alkanes of at least 4 members (excludes halogenated alkanes) is 4. The minimum absolute atomic E-state index is 0.0984. The highest BCUT2D eigenvalue weighted by Crippen LogP contribution is 2.45. The van der Waals surface area contributed by atoms with Gasteiger partial charge in [0.05, 0.1) is 19.1 Å². The Morgan fingerprint density at radius 1 is 1.00 bits per heavy atom. The lowest BCUT2D eigenvalue weighted by atomic mass is 9.69. The number of piperidine rings is 1. The van der Waals surface area contributed by atoms with Crippen molar-refractivity contribution < 1.29 is 24.3 Å². The largest absolute Gasteiger partial charge is 0.481 e. The summed E-state index contributed by atoms with van der Waals surface area (Å²) < 4.78 is 5.17. The van der Waals surface area contributed by atoms with Gasteiger partial charge in [-0.15, -0.1) is 0 Å². The van der Waals surface area contributed by atoms with Crippen molar-refractivity contribution in [3.63, 3.8) is 0 Å². The lowest BCUT2D eigenvalue weighted by molar-refractivity contribution is -0.306. The van der Waals surface area contributed by atoms with Crippen LogP contribution in [0.4, 0.5) is 0 Å². The first-order valence-electron chi connectivity index (χ1n) is 11.2. The zero-order chi connectivity index (χ0) is 22.2. The van der Waals surface area contributed by atoms with Gasteiger partial charge in [-0.3, -0.25) is 14.4 Å². The highest BCUT2D eigenvalue weighted by Gasteiger charge is 2.49. The molecule has 0 bridgehead atoms. The maximum atomic E-state index is 12.6. The molecule has 0 radical (unpaired) electrons. The number of ether oxygens (including phenoxy) is 1. The summed E-state index contributed by atoms with van der Waals surface area (Å²) in [5.74, 6) is -0.676. The highest BCUT2D eigenvalue weighted by atomic mass is 16.7. The molecule has 0 spiro atoms. The molecule has 6 nitrogen and oxygen atoms in total. The predicted molar refractivity (Wildman–Crippen MR) is 114 cm³/mol. The Kier molecular flexibility index (Phi) is 10.1. The molecule has 0 aromatic carbocycles. The van der Waals surface area contributed by atoms with E-state index < -0.39 is 5.97 Å². The Morgan fingerprint density at radius 2 is 1.52 bits per heavy atom. The zero-order valence-electron chi connectivity index (χ0n) is 19.6. The molecule has 1 atom stereocenters. The van der Waals surface area contributed by atoms with Gasteiger partial charge < -0.3 is 9.84 Å². The normalized spacial score (nSPS) is 20.6. The van der Waals surface area contributed by atoms with Crippen molar-refractivity contribution in [3.05, 3.63) is 0 Å². The van der Waals surface area contributed by atoms with Gasteiger partial charge >= 0.3 is 11.9 Å². The van der Waals surface area contributed by atoms with E-state index in [4.69, 9.17) is 14.7 Å². The molecule has 1 heterocycles. The predicted octanol–water partition coefficient (Wildman–Crippen LogP) is 5.20. The number of nitrogens with zero attached hydrogens (tertiary/aromatic N) is 1. The number of carbonyl (C=O) groups excluding carboxylic acids is 1. The number of rotatable bonds is 12. The van der Waals surface area contributed by atoms with Crippen LogP contribution >= 0.6 is 0 Å². The van der Waals surface area contributed by atoms with Gasteiger partial charge in [0.15, 0.2) is 0 Å². The van der Waals surface area contributed by atoms with Crippen LogP contribution in [-0.2, 0) is 19.2 Å². The average molecular weight is 414 g/mol. The number of aliphatic carboxylic acids is 1. The Balaban J connectivity index is 2.71. The topological polar surface area (TPSA) is 76.1 Å². The van der Waals surface area contributed by atoms with Gasteiger partial charge in [0, 0.05) is 17.5 Å². The van der Waals surface area contributed by atoms with E-state index in [2.05, 4.69) is 32.8 Å². The number of methoxy groups -OCH3 is 1. The standard InChI is InChI=1S/C23H43NO5/c1-17(2)29-24-22(3,4)15-18(16-23(24,5)6)19(21(27)28-7)13-11-9-8-10-12-14-20(25)26/h17-19H,8-16H2,1-7H3,(H,25,26). The van der Waals surface area contributed by atoms with E-state index in [1.807, 2.05) is 13.8 Å². The van der Waals surface area contributed by atoms with Crippen LogP contribution in [0.1, 0.15) is 99.3 Å². The summed E-state index contributed by atoms with van der Waals surface area (Å²) in [7, 11) is 1.48. The molecule has 1 rings (SSSR count). The molecule has 0 aromatic rings. The second-order valence-corrected chi connectivity index (χ2v) is 10.1. The average Bonchev–Trinajstić information content (AvgIpc) is 2.59. The van der Waals surface area contributed by atoms with Gasteiger partial charge in [-0.25, -0.2) is 0 Å². The van der Waals surface area contributed by atoms with Gasteiger partial charge in [0.1, 0.15) is 0 Å². The zero-order valence-corrected chi connectivity index (χ0v) is 19.6. The second kappa shape index (κ2) is 11.3. The summed E-state index contributed by atoms with van der Waals surface area (Å²) >= 11 is 0. The fraction of sp³-hybridized carbons (Fsp3) is 0.913. The second-order valence-electron chi connectivity index (χ2n) is 10.1. The number of hydrogen-bond acceptors (Lipinski definition) is 5. The maximum Gasteiger partial charge on any atom is 0.308 e. The number of carbonyl (C=O) groups is 2. The number of hydroxylamine groups is 2. The van der Waals surface area contributed by atoms with Crippen molar-refractivity contribution in [1.29, 1.82) is 0 Å². The first kappa shape index (κ1) is 25.9. The fourth-order valence-electron chi connectivity index (χ4n) is 4.99. The number of carboxylic acids is 1. The molecule has 0 aliphatic carbocycles. The summed E-state index contributed by atoms with van der Waals surface area (Å²) in [4.78, 5) is 29.4. The minimum Gasteiger partial charge on any atom is -0.481 e. The Morgan fingerprint density at radius 3 is 2.00 bits per heavy atom. The third kappa shape index (κ3) is 8.25. The van der Waals surface area contributed by atoms with Gasteiger partial charge in [-0.2, -0.15) is 5.06 Å². The van der Waals surface area contributed by atoms with E-state index in [1.54, 1.807) is 0 Å². The molecule has 1 aliphatic heterocycles. The molecule has 1 saturated heterocycles.